The van der Waals surface area contributed by atoms with Crippen LogP contribution < -0.4 is 10.1 Å². The van der Waals surface area contributed by atoms with E-state index in [4.69, 9.17) is 27.9 Å². The monoisotopic (exact) mass is 335 g/mol. The van der Waals surface area contributed by atoms with Crippen LogP contribution in [0.25, 0.3) is 0 Å². The van der Waals surface area contributed by atoms with E-state index in [0.29, 0.717) is 28.9 Å². The van der Waals surface area contributed by atoms with E-state index in [2.05, 4.69) is 5.32 Å². The minimum absolute atomic E-state index is 0.140. The van der Waals surface area contributed by atoms with Crippen LogP contribution in [0.15, 0.2) is 18.2 Å². The summed E-state index contributed by atoms with van der Waals surface area (Å²) in [5, 5.41) is 23.7. The predicted octanol–water partition coefficient (Wildman–Crippen LogP) is 2.87. The van der Waals surface area contributed by atoms with Crippen LogP contribution in [0.2, 0.25) is 10.0 Å². The molecule has 21 heavy (non-hydrogen) atoms. The molecular formula is C15H23Cl2NO3. The Hall–Kier alpha value is -0.520. The lowest BCUT2D eigenvalue weighted by molar-refractivity contribution is 0.0427. The number of aliphatic hydroxyl groups excluding tert-OH is 1. The molecule has 2 unspecified atom stereocenters. The number of hydrogen-bond donors (Lipinski definition) is 3. The minimum atomic E-state index is -0.751. The van der Waals surface area contributed by atoms with Gasteiger partial charge in [0.15, 0.2) is 0 Å². The molecule has 0 spiro atoms. The SMILES string of the molecule is CCCC(C)(O)CNCC(O)COc1ccc(Cl)c(Cl)c1. The Morgan fingerprint density at radius 2 is 2.05 bits per heavy atom. The van der Waals surface area contributed by atoms with Crippen LogP contribution in [0.3, 0.4) is 0 Å². The molecule has 6 heteroatoms. The third-order valence-corrected chi connectivity index (χ3v) is 3.75. The van der Waals surface area contributed by atoms with Gasteiger partial charge in [-0.05, 0) is 25.5 Å². The molecule has 0 aliphatic rings. The van der Waals surface area contributed by atoms with Crippen molar-refractivity contribution in [3.63, 3.8) is 0 Å². The number of rotatable bonds is 9. The number of hydrogen-bond acceptors (Lipinski definition) is 4. The molecule has 0 bridgehead atoms. The molecule has 2 atom stereocenters. The van der Waals surface area contributed by atoms with Crippen molar-refractivity contribution >= 4 is 23.2 Å². The van der Waals surface area contributed by atoms with Gasteiger partial charge in [-0.25, -0.2) is 0 Å². The highest BCUT2D eigenvalue weighted by Crippen LogP contribution is 2.26. The lowest BCUT2D eigenvalue weighted by atomic mass is 10.0. The first kappa shape index (κ1) is 18.5. The fourth-order valence-corrected chi connectivity index (χ4v) is 2.24. The Labute approximate surface area is 136 Å². The summed E-state index contributed by atoms with van der Waals surface area (Å²) in [5.41, 5.74) is -0.751. The molecule has 120 valence electrons. The Morgan fingerprint density at radius 1 is 1.33 bits per heavy atom. The van der Waals surface area contributed by atoms with Gasteiger partial charge in [0.25, 0.3) is 0 Å². The van der Waals surface area contributed by atoms with E-state index in [-0.39, 0.29) is 6.61 Å². The molecule has 0 aliphatic carbocycles. The smallest absolute Gasteiger partial charge is 0.121 e. The van der Waals surface area contributed by atoms with Gasteiger partial charge in [-0.2, -0.15) is 0 Å². The third-order valence-electron chi connectivity index (χ3n) is 3.01. The van der Waals surface area contributed by atoms with Crippen molar-refractivity contribution in [2.24, 2.45) is 0 Å². The van der Waals surface area contributed by atoms with E-state index in [0.717, 1.165) is 12.8 Å². The lowest BCUT2D eigenvalue weighted by Crippen LogP contribution is -2.41. The molecule has 0 radical (unpaired) electrons. The fourth-order valence-electron chi connectivity index (χ4n) is 1.95. The summed E-state index contributed by atoms with van der Waals surface area (Å²) >= 11 is 11.7. The topological polar surface area (TPSA) is 61.7 Å². The van der Waals surface area contributed by atoms with Gasteiger partial charge in [0.05, 0.1) is 15.6 Å². The number of halogens is 2. The van der Waals surface area contributed by atoms with Gasteiger partial charge in [-0.1, -0.05) is 36.5 Å². The number of nitrogens with one attached hydrogen (secondary N) is 1. The van der Waals surface area contributed by atoms with Crippen molar-refractivity contribution < 1.29 is 14.9 Å². The third kappa shape index (κ3) is 7.34. The maximum Gasteiger partial charge on any atom is 0.121 e. The molecule has 0 amide bonds. The van der Waals surface area contributed by atoms with Gasteiger partial charge in [0.2, 0.25) is 0 Å². The summed E-state index contributed by atoms with van der Waals surface area (Å²) < 4.78 is 5.44. The second-order valence-electron chi connectivity index (χ2n) is 5.42. The van der Waals surface area contributed by atoms with Crippen LogP contribution in [0, 0.1) is 0 Å². The first-order valence-electron chi connectivity index (χ1n) is 7.03. The Balaban J connectivity index is 2.27. The lowest BCUT2D eigenvalue weighted by Gasteiger charge is -2.24. The maximum absolute atomic E-state index is 9.99. The summed E-state index contributed by atoms with van der Waals surface area (Å²) in [4.78, 5) is 0. The quantitative estimate of drug-likeness (QED) is 0.649. The first-order valence-corrected chi connectivity index (χ1v) is 7.78. The van der Waals surface area contributed by atoms with Gasteiger partial charge in [-0.15, -0.1) is 0 Å². The summed E-state index contributed by atoms with van der Waals surface area (Å²) in [5.74, 6) is 0.557. The Kier molecular flexibility index (Phi) is 7.77. The van der Waals surface area contributed by atoms with E-state index in [9.17, 15) is 10.2 Å². The van der Waals surface area contributed by atoms with Gasteiger partial charge >= 0.3 is 0 Å². The highest BCUT2D eigenvalue weighted by Gasteiger charge is 2.18. The average Bonchev–Trinajstić information content (AvgIpc) is 2.40. The molecule has 0 heterocycles. The van der Waals surface area contributed by atoms with Crippen molar-refractivity contribution in [1.82, 2.24) is 5.32 Å². The van der Waals surface area contributed by atoms with E-state index >= 15 is 0 Å². The Bertz CT molecular complexity index is 441. The number of benzene rings is 1. The zero-order chi connectivity index (χ0) is 15.9. The summed E-state index contributed by atoms with van der Waals surface area (Å²) in [6.07, 6.45) is 0.963. The molecule has 4 nitrogen and oxygen atoms in total. The highest BCUT2D eigenvalue weighted by molar-refractivity contribution is 6.42. The van der Waals surface area contributed by atoms with Crippen LogP contribution in [0.4, 0.5) is 0 Å². The van der Waals surface area contributed by atoms with Crippen molar-refractivity contribution in [3.8, 4) is 5.75 Å². The molecule has 1 aromatic carbocycles. The minimum Gasteiger partial charge on any atom is -0.491 e. The molecule has 0 saturated carbocycles. The van der Waals surface area contributed by atoms with Crippen LogP contribution in [0.1, 0.15) is 26.7 Å². The number of ether oxygens (including phenoxy) is 1. The van der Waals surface area contributed by atoms with Crippen molar-refractivity contribution in [2.45, 2.75) is 38.4 Å². The zero-order valence-electron chi connectivity index (χ0n) is 12.4. The molecule has 1 aromatic rings. The van der Waals surface area contributed by atoms with Gasteiger partial charge in [-0.3, -0.25) is 0 Å². The summed E-state index contributed by atoms with van der Waals surface area (Å²) in [7, 11) is 0. The molecule has 0 saturated heterocycles. The standard InChI is InChI=1S/C15H23Cl2NO3/c1-3-6-15(2,20)10-18-8-11(19)9-21-12-4-5-13(16)14(17)7-12/h4-5,7,11,18-20H,3,6,8-10H2,1-2H3. The van der Waals surface area contributed by atoms with Gasteiger partial charge in [0.1, 0.15) is 18.5 Å². The molecule has 0 fully saturated rings. The van der Waals surface area contributed by atoms with Gasteiger partial charge in [0, 0.05) is 19.2 Å². The molecule has 1 rings (SSSR count). The van der Waals surface area contributed by atoms with Crippen LogP contribution in [-0.2, 0) is 0 Å². The zero-order valence-corrected chi connectivity index (χ0v) is 13.9. The van der Waals surface area contributed by atoms with Crippen molar-refractivity contribution in [1.29, 1.82) is 0 Å². The largest absolute Gasteiger partial charge is 0.491 e. The van der Waals surface area contributed by atoms with Gasteiger partial charge < -0.3 is 20.3 Å². The molecular weight excluding hydrogens is 313 g/mol. The van der Waals surface area contributed by atoms with Crippen LogP contribution in [-0.4, -0.2) is 41.6 Å². The second-order valence-corrected chi connectivity index (χ2v) is 6.23. The normalized spacial score (nSPS) is 15.5. The maximum atomic E-state index is 9.99. The summed E-state index contributed by atoms with van der Waals surface area (Å²) in [6.45, 7) is 4.73. The predicted molar refractivity (Wildman–Crippen MR) is 86.4 cm³/mol. The Morgan fingerprint density at radius 3 is 2.67 bits per heavy atom. The number of aliphatic hydroxyl groups is 2. The second kappa shape index (κ2) is 8.81. The molecule has 0 aliphatic heterocycles. The van der Waals surface area contributed by atoms with E-state index in [1.165, 1.54) is 0 Å². The molecule has 0 aromatic heterocycles. The highest BCUT2D eigenvalue weighted by atomic mass is 35.5. The summed E-state index contributed by atoms with van der Waals surface area (Å²) in [6, 6.07) is 4.95. The first-order chi connectivity index (χ1) is 9.84. The van der Waals surface area contributed by atoms with Crippen LogP contribution >= 0.6 is 23.2 Å². The van der Waals surface area contributed by atoms with Crippen LogP contribution in [0.5, 0.6) is 5.75 Å². The fraction of sp³-hybridized carbons (Fsp3) is 0.600. The van der Waals surface area contributed by atoms with E-state index in [1.54, 1.807) is 25.1 Å². The van der Waals surface area contributed by atoms with Crippen molar-refractivity contribution in [2.75, 3.05) is 19.7 Å². The van der Waals surface area contributed by atoms with E-state index < -0.39 is 11.7 Å². The average molecular weight is 336 g/mol. The molecule has 3 N–H and O–H groups in total. The van der Waals surface area contributed by atoms with E-state index in [1.807, 2.05) is 6.92 Å². The van der Waals surface area contributed by atoms with Crippen molar-refractivity contribution in [3.05, 3.63) is 28.2 Å².